The van der Waals surface area contributed by atoms with Gasteiger partial charge in [-0.2, -0.15) is 0 Å². The fourth-order valence-corrected chi connectivity index (χ4v) is 2.24. The number of hydrogen-bond donors (Lipinski definition) is 2. The van der Waals surface area contributed by atoms with E-state index in [9.17, 15) is 4.79 Å². The minimum atomic E-state index is -0.259. The molecule has 1 atom stereocenters. The minimum Gasteiger partial charge on any atom is -0.497 e. The SMILES string of the molecule is COc1cccc(-c2cc(CNC(=O)C3C=CCN3)no2)c1. The van der Waals surface area contributed by atoms with Gasteiger partial charge in [-0.3, -0.25) is 10.1 Å². The predicted molar refractivity (Wildman–Crippen MR) is 81.3 cm³/mol. The van der Waals surface area contributed by atoms with Gasteiger partial charge in [0.2, 0.25) is 5.91 Å². The summed E-state index contributed by atoms with van der Waals surface area (Å²) in [4.78, 5) is 11.9. The van der Waals surface area contributed by atoms with Crippen molar-refractivity contribution in [1.82, 2.24) is 15.8 Å². The van der Waals surface area contributed by atoms with Crippen molar-refractivity contribution in [2.24, 2.45) is 0 Å². The molecule has 1 aliphatic rings. The van der Waals surface area contributed by atoms with Crippen LogP contribution in [0.25, 0.3) is 11.3 Å². The number of nitrogens with one attached hydrogen (secondary N) is 2. The monoisotopic (exact) mass is 299 g/mol. The minimum absolute atomic E-state index is 0.0697. The molecular weight excluding hydrogens is 282 g/mol. The molecule has 0 aliphatic carbocycles. The van der Waals surface area contributed by atoms with Crippen molar-refractivity contribution >= 4 is 5.91 Å². The highest BCUT2D eigenvalue weighted by Crippen LogP contribution is 2.24. The number of benzene rings is 1. The van der Waals surface area contributed by atoms with E-state index in [1.54, 1.807) is 7.11 Å². The van der Waals surface area contributed by atoms with Crippen molar-refractivity contribution in [2.45, 2.75) is 12.6 Å². The third-order valence-electron chi connectivity index (χ3n) is 3.42. The van der Waals surface area contributed by atoms with Gasteiger partial charge in [0.1, 0.15) is 17.5 Å². The molecule has 22 heavy (non-hydrogen) atoms. The number of methoxy groups -OCH3 is 1. The maximum atomic E-state index is 11.9. The summed E-state index contributed by atoms with van der Waals surface area (Å²) in [7, 11) is 1.62. The molecule has 0 saturated carbocycles. The Hall–Kier alpha value is -2.60. The van der Waals surface area contributed by atoms with E-state index in [0.717, 1.165) is 17.9 Å². The van der Waals surface area contributed by atoms with Gasteiger partial charge in [-0.25, -0.2) is 0 Å². The summed E-state index contributed by atoms with van der Waals surface area (Å²) in [6.07, 6.45) is 3.78. The molecule has 1 aromatic carbocycles. The highest BCUT2D eigenvalue weighted by atomic mass is 16.5. The van der Waals surface area contributed by atoms with Crippen molar-refractivity contribution in [1.29, 1.82) is 0 Å². The lowest BCUT2D eigenvalue weighted by Gasteiger charge is -2.08. The van der Waals surface area contributed by atoms with E-state index in [1.165, 1.54) is 0 Å². The summed E-state index contributed by atoms with van der Waals surface area (Å²) < 4.78 is 10.5. The Kier molecular flexibility index (Phi) is 4.20. The second kappa shape index (κ2) is 6.44. The summed E-state index contributed by atoms with van der Waals surface area (Å²) >= 11 is 0. The maximum absolute atomic E-state index is 11.9. The zero-order valence-corrected chi connectivity index (χ0v) is 12.2. The average Bonchev–Trinajstić information content (AvgIpc) is 3.24. The zero-order chi connectivity index (χ0) is 15.4. The van der Waals surface area contributed by atoms with Gasteiger partial charge in [0.25, 0.3) is 0 Å². The van der Waals surface area contributed by atoms with Gasteiger partial charge >= 0.3 is 0 Å². The summed E-state index contributed by atoms with van der Waals surface area (Å²) in [5, 5.41) is 9.86. The molecular formula is C16H17N3O3. The fourth-order valence-electron chi connectivity index (χ4n) is 2.24. The molecule has 114 valence electrons. The number of nitrogens with zero attached hydrogens (tertiary/aromatic N) is 1. The first-order chi connectivity index (χ1) is 10.8. The van der Waals surface area contributed by atoms with Gasteiger partial charge < -0.3 is 14.6 Å². The van der Waals surface area contributed by atoms with E-state index in [2.05, 4.69) is 15.8 Å². The molecule has 0 saturated heterocycles. The smallest absolute Gasteiger partial charge is 0.241 e. The van der Waals surface area contributed by atoms with Crippen LogP contribution in [0.2, 0.25) is 0 Å². The van der Waals surface area contributed by atoms with Crippen molar-refractivity contribution in [3.8, 4) is 17.1 Å². The van der Waals surface area contributed by atoms with Gasteiger partial charge in [-0.05, 0) is 12.1 Å². The lowest BCUT2D eigenvalue weighted by atomic mass is 10.1. The molecule has 2 heterocycles. The number of aromatic nitrogens is 1. The van der Waals surface area contributed by atoms with Crippen molar-refractivity contribution in [3.05, 3.63) is 48.2 Å². The van der Waals surface area contributed by atoms with Crippen LogP contribution in [0, 0.1) is 0 Å². The normalized spacial score (nSPS) is 16.7. The Morgan fingerprint density at radius 2 is 2.41 bits per heavy atom. The molecule has 2 aromatic rings. The van der Waals surface area contributed by atoms with Crippen LogP contribution in [0.15, 0.2) is 47.0 Å². The molecule has 1 aliphatic heterocycles. The van der Waals surface area contributed by atoms with Gasteiger partial charge in [0.05, 0.1) is 13.7 Å². The Balaban J connectivity index is 1.63. The van der Waals surface area contributed by atoms with E-state index in [-0.39, 0.29) is 11.9 Å². The van der Waals surface area contributed by atoms with Crippen LogP contribution in [0.5, 0.6) is 5.75 Å². The first-order valence-corrected chi connectivity index (χ1v) is 7.04. The van der Waals surface area contributed by atoms with E-state index in [4.69, 9.17) is 9.26 Å². The molecule has 6 nitrogen and oxygen atoms in total. The van der Waals surface area contributed by atoms with Crippen LogP contribution in [0.3, 0.4) is 0 Å². The maximum Gasteiger partial charge on any atom is 0.241 e. The zero-order valence-electron chi connectivity index (χ0n) is 12.2. The Morgan fingerprint density at radius 3 is 3.18 bits per heavy atom. The van der Waals surface area contributed by atoms with Crippen LogP contribution in [0.1, 0.15) is 5.69 Å². The van der Waals surface area contributed by atoms with Gasteiger partial charge in [-0.1, -0.05) is 29.4 Å². The summed E-state index contributed by atoms with van der Waals surface area (Å²) in [6, 6.07) is 9.09. The van der Waals surface area contributed by atoms with Crippen molar-refractivity contribution < 1.29 is 14.1 Å². The topological polar surface area (TPSA) is 76.4 Å². The molecule has 6 heteroatoms. The summed E-state index contributed by atoms with van der Waals surface area (Å²) in [5.74, 6) is 1.32. The first kappa shape index (κ1) is 14.3. The molecule has 1 amide bonds. The summed E-state index contributed by atoms with van der Waals surface area (Å²) in [5.41, 5.74) is 1.55. The van der Waals surface area contributed by atoms with E-state index >= 15 is 0 Å². The Morgan fingerprint density at radius 1 is 1.50 bits per heavy atom. The predicted octanol–water partition coefficient (Wildman–Crippen LogP) is 1.49. The van der Waals surface area contributed by atoms with E-state index in [0.29, 0.717) is 18.0 Å². The molecule has 2 N–H and O–H groups in total. The van der Waals surface area contributed by atoms with E-state index in [1.807, 2.05) is 42.5 Å². The molecule has 0 bridgehead atoms. The molecule has 0 fully saturated rings. The fraction of sp³-hybridized carbons (Fsp3) is 0.250. The van der Waals surface area contributed by atoms with E-state index < -0.39 is 0 Å². The van der Waals surface area contributed by atoms with Crippen LogP contribution in [0.4, 0.5) is 0 Å². The third kappa shape index (κ3) is 3.17. The number of amides is 1. The van der Waals surface area contributed by atoms with Crippen LogP contribution < -0.4 is 15.4 Å². The van der Waals surface area contributed by atoms with Crippen LogP contribution in [-0.4, -0.2) is 30.8 Å². The largest absolute Gasteiger partial charge is 0.497 e. The number of ether oxygens (including phenoxy) is 1. The molecule has 3 rings (SSSR count). The lowest BCUT2D eigenvalue weighted by molar-refractivity contribution is -0.122. The van der Waals surface area contributed by atoms with Gasteiger partial charge in [-0.15, -0.1) is 0 Å². The average molecular weight is 299 g/mol. The Labute approximate surface area is 128 Å². The molecule has 1 unspecified atom stereocenters. The second-order valence-electron chi connectivity index (χ2n) is 4.95. The quantitative estimate of drug-likeness (QED) is 0.818. The number of carbonyl (C=O) groups is 1. The first-order valence-electron chi connectivity index (χ1n) is 7.04. The van der Waals surface area contributed by atoms with Crippen molar-refractivity contribution in [3.63, 3.8) is 0 Å². The number of carbonyl (C=O) groups excluding carboxylic acids is 1. The summed E-state index contributed by atoms with van der Waals surface area (Å²) in [6.45, 7) is 1.06. The van der Waals surface area contributed by atoms with Crippen LogP contribution in [-0.2, 0) is 11.3 Å². The van der Waals surface area contributed by atoms with Gasteiger partial charge in [0, 0.05) is 18.2 Å². The molecule has 0 spiro atoms. The lowest BCUT2D eigenvalue weighted by Crippen LogP contribution is -2.40. The third-order valence-corrected chi connectivity index (χ3v) is 3.42. The highest BCUT2D eigenvalue weighted by molar-refractivity contribution is 5.84. The van der Waals surface area contributed by atoms with Crippen LogP contribution >= 0.6 is 0 Å². The van der Waals surface area contributed by atoms with Gasteiger partial charge in [0.15, 0.2) is 5.76 Å². The number of rotatable bonds is 5. The highest BCUT2D eigenvalue weighted by Gasteiger charge is 2.17. The van der Waals surface area contributed by atoms with Crippen molar-refractivity contribution in [2.75, 3.05) is 13.7 Å². The standard InChI is InChI=1S/C16H17N3O3/c1-21-13-5-2-4-11(8-13)15-9-12(19-22-15)10-18-16(20)14-6-3-7-17-14/h2-6,8-9,14,17H,7,10H2,1H3,(H,18,20). The second-order valence-corrected chi connectivity index (χ2v) is 4.95. The molecule has 1 aromatic heterocycles. The number of hydrogen-bond acceptors (Lipinski definition) is 5. The Bertz CT molecular complexity index is 693. The molecule has 0 radical (unpaired) electrons.